The number of carbonyl (C=O) groups excluding carboxylic acids is 1. The van der Waals surface area contributed by atoms with Crippen molar-refractivity contribution in [1.29, 1.82) is 0 Å². The maximum absolute atomic E-state index is 12.9. The van der Waals surface area contributed by atoms with Gasteiger partial charge in [-0.25, -0.2) is 19.5 Å². The summed E-state index contributed by atoms with van der Waals surface area (Å²) in [5.41, 5.74) is 2.99. The molecule has 0 unspecified atom stereocenters. The molecule has 0 aromatic heterocycles. The van der Waals surface area contributed by atoms with E-state index >= 15 is 0 Å². The average Bonchev–Trinajstić information content (AvgIpc) is 2.48. The number of amides is 2. The van der Waals surface area contributed by atoms with Gasteiger partial charge in [0.25, 0.3) is 0 Å². The van der Waals surface area contributed by atoms with Crippen LogP contribution in [0.3, 0.4) is 0 Å². The van der Waals surface area contributed by atoms with Crippen molar-refractivity contribution in [3.05, 3.63) is 30.1 Å². The zero-order valence-electron chi connectivity index (χ0n) is 11.3. The van der Waals surface area contributed by atoms with Gasteiger partial charge in [-0.15, -0.1) is 0 Å². The van der Waals surface area contributed by atoms with E-state index in [1.165, 1.54) is 17.0 Å². The van der Waals surface area contributed by atoms with Gasteiger partial charge in [0.15, 0.2) is 6.61 Å². The summed E-state index contributed by atoms with van der Waals surface area (Å²) in [5, 5.41) is 8.39. The van der Waals surface area contributed by atoms with Crippen LogP contribution in [0.4, 0.5) is 14.9 Å². The first kappa shape index (κ1) is 15.0. The van der Waals surface area contributed by atoms with Gasteiger partial charge in [-0.05, 0) is 24.3 Å². The maximum Gasteiger partial charge on any atom is 0.341 e. The van der Waals surface area contributed by atoms with E-state index in [4.69, 9.17) is 5.11 Å². The van der Waals surface area contributed by atoms with Crippen LogP contribution in [-0.4, -0.2) is 54.8 Å². The molecule has 1 aromatic carbocycles. The SMILES string of the molecule is O=C(O)CONC(=O)N1CCN(c2ccc(F)cc2)CC1. The summed E-state index contributed by atoms with van der Waals surface area (Å²) < 4.78 is 12.9. The molecule has 0 radical (unpaired) electrons. The molecule has 1 heterocycles. The quantitative estimate of drug-likeness (QED) is 0.798. The predicted octanol–water partition coefficient (Wildman–Crippen LogP) is 0.674. The highest BCUT2D eigenvalue weighted by Gasteiger charge is 2.21. The Morgan fingerprint density at radius 2 is 1.81 bits per heavy atom. The standard InChI is InChI=1S/C13H16FN3O4/c14-10-1-3-11(4-2-10)16-5-7-17(8-6-16)13(20)15-21-9-12(18)19/h1-4H,5-9H2,(H,15,20)(H,18,19). The van der Waals surface area contributed by atoms with Gasteiger partial charge in [0.05, 0.1) is 0 Å². The summed E-state index contributed by atoms with van der Waals surface area (Å²) >= 11 is 0. The zero-order chi connectivity index (χ0) is 15.2. The molecule has 8 heteroatoms. The molecule has 0 saturated carbocycles. The minimum Gasteiger partial charge on any atom is -0.479 e. The lowest BCUT2D eigenvalue weighted by Gasteiger charge is -2.35. The molecule has 0 atom stereocenters. The molecule has 1 fully saturated rings. The summed E-state index contributed by atoms with van der Waals surface area (Å²) in [6, 6.07) is 5.72. The van der Waals surface area contributed by atoms with Crippen molar-refractivity contribution in [1.82, 2.24) is 10.4 Å². The smallest absolute Gasteiger partial charge is 0.341 e. The number of benzene rings is 1. The van der Waals surface area contributed by atoms with Gasteiger partial charge in [0.1, 0.15) is 5.82 Å². The lowest BCUT2D eigenvalue weighted by molar-refractivity contribution is -0.144. The number of carbonyl (C=O) groups is 2. The highest BCUT2D eigenvalue weighted by atomic mass is 19.1. The zero-order valence-corrected chi connectivity index (χ0v) is 11.3. The average molecular weight is 297 g/mol. The fraction of sp³-hybridized carbons (Fsp3) is 0.385. The number of aliphatic carboxylic acids is 1. The van der Waals surface area contributed by atoms with Crippen molar-refractivity contribution >= 4 is 17.7 Å². The van der Waals surface area contributed by atoms with Gasteiger partial charge >= 0.3 is 12.0 Å². The van der Waals surface area contributed by atoms with Crippen molar-refractivity contribution in [2.45, 2.75) is 0 Å². The first-order chi connectivity index (χ1) is 10.1. The first-order valence-corrected chi connectivity index (χ1v) is 6.45. The monoisotopic (exact) mass is 297 g/mol. The minimum atomic E-state index is -1.16. The van der Waals surface area contributed by atoms with Crippen molar-refractivity contribution < 1.29 is 23.9 Å². The van der Waals surface area contributed by atoms with Crippen LogP contribution in [0.1, 0.15) is 0 Å². The largest absolute Gasteiger partial charge is 0.479 e. The third-order valence-electron chi connectivity index (χ3n) is 3.11. The molecular formula is C13H16FN3O4. The summed E-state index contributed by atoms with van der Waals surface area (Å²) in [7, 11) is 0. The van der Waals surface area contributed by atoms with E-state index < -0.39 is 18.6 Å². The highest BCUT2D eigenvalue weighted by molar-refractivity contribution is 5.74. The first-order valence-electron chi connectivity index (χ1n) is 6.45. The number of carboxylic acids is 1. The van der Waals surface area contributed by atoms with Gasteiger partial charge in [0, 0.05) is 31.9 Å². The molecule has 1 saturated heterocycles. The Balaban J connectivity index is 1.78. The molecule has 7 nitrogen and oxygen atoms in total. The fourth-order valence-corrected chi connectivity index (χ4v) is 2.04. The van der Waals surface area contributed by atoms with Crippen molar-refractivity contribution in [2.24, 2.45) is 0 Å². The molecule has 114 valence electrons. The lowest BCUT2D eigenvalue weighted by Crippen LogP contribution is -2.52. The van der Waals surface area contributed by atoms with Crippen LogP contribution in [0.2, 0.25) is 0 Å². The topological polar surface area (TPSA) is 82.1 Å². The Hall–Kier alpha value is -2.35. The number of carboxylic acid groups (broad SMARTS) is 1. The van der Waals surface area contributed by atoms with Crippen LogP contribution < -0.4 is 10.4 Å². The number of hydroxylamine groups is 1. The van der Waals surface area contributed by atoms with Gasteiger partial charge in [-0.3, -0.25) is 4.84 Å². The summed E-state index contributed by atoms with van der Waals surface area (Å²) in [6.45, 7) is 1.58. The number of anilines is 1. The minimum absolute atomic E-state index is 0.285. The van der Waals surface area contributed by atoms with Gasteiger partial charge in [-0.2, -0.15) is 0 Å². The molecule has 2 amide bonds. The Bertz CT molecular complexity index is 501. The second-order valence-corrected chi connectivity index (χ2v) is 4.54. The Kier molecular flexibility index (Phi) is 4.94. The lowest BCUT2D eigenvalue weighted by atomic mass is 10.2. The molecule has 1 aliphatic rings. The fourth-order valence-electron chi connectivity index (χ4n) is 2.04. The van der Waals surface area contributed by atoms with Gasteiger partial charge in [-0.1, -0.05) is 0 Å². The molecule has 0 aliphatic carbocycles. The number of hydrogen-bond donors (Lipinski definition) is 2. The van der Waals surface area contributed by atoms with Gasteiger partial charge in [0.2, 0.25) is 0 Å². The third kappa shape index (κ3) is 4.32. The molecule has 21 heavy (non-hydrogen) atoms. The molecule has 0 spiro atoms. The molecule has 2 N–H and O–H groups in total. The van der Waals surface area contributed by atoms with Crippen molar-refractivity contribution in [3.8, 4) is 0 Å². The summed E-state index contributed by atoms with van der Waals surface area (Å²) in [6.07, 6.45) is 0. The molecule has 1 aromatic rings. The van der Waals surface area contributed by atoms with E-state index in [0.717, 1.165) is 5.69 Å². The van der Waals surface area contributed by atoms with E-state index in [0.29, 0.717) is 26.2 Å². The number of nitrogens with zero attached hydrogens (tertiary/aromatic N) is 2. The van der Waals surface area contributed by atoms with Gasteiger partial charge < -0.3 is 14.9 Å². The van der Waals surface area contributed by atoms with E-state index in [1.807, 2.05) is 4.90 Å². The number of halogens is 1. The van der Waals surface area contributed by atoms with Crippen LogP contribution in [0.15, 0.2) is 24.3 Å². The number of piperazine rings is 1. The van der Waals surface area contributed by atoms with E-state index in [9.17, 15) is 14.0 Å². The van der Waals surface area contributed by atoms with E-state index in [1.54, 1.807) is 12.1 Å². The second-order valence-electron chi connectivity index (χ2n) is 4.54. The molecular weight excluding hydrogens is 281 g/mol. The molecule has 1 aliphatic heterocycles. The van der Waals surface area contributed by atoms with Crippen LogP contribution in [0.5, 0.6) is 0 Å². The number of hydrogen-bond acceptors (Lipinski definition) is 4. The van der Waals surface area contributed by atoms with E-state index in [2.05, 4.69) is 10.3 Å². The summed E-state index contributed by atoms with van der Waals surface area (Å²) in [4.78, 5) is 30.1. The van der Waals surface area contributed by atoms with Crippen LogP contribution in [-0.2, 0) is 9.63 Å². The number of nitrogens with one attached hydrogen (secondary N) is 1. The van der Waals surface area contributed by atoms with Crippen LogP contribution in [0, 0.1) is 5.82 Å². The maximum atomic E-state index is 12.9. The van der Waals surface area contributed by atoms with Crippen LogP contribution >= 0.6 is 0 Å². The van der Waals surface area contributed by atoms with Crippen LogP contribution in [0.25, 0.3) is 0 Å². The molecule has 0 bridgehead atoms. The second kappa shape index (κ2) is 6.89. The highest BCUT2D eigenvalue weighted by Crippen LogP contribution is 2.16. The van der Waals surface area contributed by atoms with E-state index in [-0.39, 0.29) is 5.82 Å². The Morgan fingerprint density at radius 3 is 2.38 bits per heavy atom. The van der Waals surface area contributed by atoms with Crippen molar-refractivity contribution in [2.75, 3.05) is 37.7 Å². The number of urea groups is 1. The van der Waals surface area contributed by atoms with Crippen molar-refractivity contribution in [3.63, 3.8) is 0 Å². The molecule has 2 rings (SSSR count). The predicted molar refractivity (Wildman–Crippen MR) is 72.3 cm³/mol. The Labute approximate surface area is 120 Å². The normalized spacial score (nSPS) is 14.9. The Morgan fingerprint density at radius 1 is 1.19 bits per heavy atom. The third-order valence-corrected chi connectivity index (χ3v) is 3.11. The summed E-state index contributed by atoms with van der Waals surface area (Å²) in [5.74, 6) is -1.44. The number of rotatable bonds is 4.